The third-order valence-corrected chi connectivity index (χ3v) is 2.67. The number of nitrogens with two attached hydrogens (primary N) is 1. The molecule has 2 atom stereocenters. The molecule has 4 nitrogen and oxygen atoms in total. The maximum atomic E-state index is 11.6. The standard InChI is InChI=1S/C12H26N2O2/c1-4-8-16-9-6-7-14-12(15)11(13)10(3)5-2/h10-11H,4-9,13H2,1-3H3,(H,14,15)/t10?,11-/m0/s1. The molecule has 0 bridgehead atoms. The molecule has 0 heterocycles. The van der Waals surface area contributed by atoms with Crippen LogP contribution in [0.5, 0.6) is 0 Å². The predicted molar refractivity (Wildman–Crippen MR) is 66.2 cm³/mol. The van der Waals surface area contributed by atoms with Gasteiger partial charge in [-0.25, -0.2) is 0 Å². The van der Waals surface area contributed by atoms with E-state index in [0.717, 1.165) is 25.9 Å². The predicted octanol–water partition coefficient (Wildman–Crippen LogP) is 1.29. The first-order chi connectivity index (χ1) is 7.63. The average Bonchev–Trinajstić information content (AvgIpc) is 2.31. The van der Waals surface area contributed by atoms with Gasteiger partial charge >= 0.3 is 0 Å². The van der Waals surface area contributed by atoms with Gasteiger partial charge in [0.2, 0.25) is 5.91 Å². The molecule has 0 spiro atoms. The molecule has 16 heavy (non-hydrogen) atoms. The van der Waals surface area contributed by atoms with E-state index in [4.69, 9.17) is 10.5 Å². The number of hydrogen-bond acceptors (Lipinski definition) is 3. The van der Waals surface area contributed by atoms with Gasteiger partial charge in [0.15, 0.2) is 0 Å². The molecule has 4 heteroatoms. The highest BCUT2D eigenvalue weighted by Crippen LogP contribution is 2.04. The van der Waals surface area contributed by atoms with E-state index in [1.807, 2.05) is 13.8 Å². The average molecular weight is 230 g/mol. The second kappa shape index (κ2) is 9.60. The Bertz CT molecular complexity index is 186. The van der Waals surface area contributed by atoms with Crippen molar-refractivity contribution in [1.82, 2.24) is 5.32 Å². The number of rotatable bonds is 9. The summed E-state index contributed by atoms with van der Waals surface area (Å²) in [5.74, 6) is 0.182. The van der Waals surface area contributed by atoms with Gasteiger partial charge in [-0.2, -0.15) is 0 Å². The zero-order valence-electron chi connectivity index (χ0n) is 10.8. The summed E-state index contributed by atoms with van der Waals surface area (Å²) in [6.07, 6.45) is 2.80. The lowest BCUT2D eigenvalue weighted by Gasteiger charge is -2.17. The van der Waals surface area contributed by atoms with Gasteiger partial charge in [0, 0.05) is 19.8 Å². The van der Waals surface area contributed by atoms with E-state index in [9.17, 15) is 4.79 Å². The quantitative estimate of drug-likeness (QED) is 0.587. The second-order valence-electron chi connectivity index (χ2n) is 4.17. The third-order valence-electron chi connectivity index (χ3n) is 2.67. The van der Waals surface area contributed by atoms with Crippen molar-refractivity contribution in [3.63, 3.8) is 0 Å². The molecule has 0 rings (SSSR count). The second-order valence-corrected chi connectivity index (χ2v) is 4.17. The molecule has 0 aromatic rings. The summed E-state index contributed by atoms with van der Waals surface area (Å²) in [6.45, 7) is 8.25. The molecule has 0 saturated heterocycles. The molecule has 0 aromatic carbocycles. The Labute approximate surface area is 98.9 Å². The molecule has 3 N–H and O–H groups in total. The highest BCUT2D eigenvalue weighted by molar-refractivity contribution is 5.81. The Morgan fingerprint density at radius 1 is 1.38 bits per heavy atom. The first-order valence-corrected chi connectivity index (χ1v) is 6.24. The minimum absolute atomic E-state index is 0.0511. The molecule has 96 valence electrons. The summed E-state index contributed by atoms with van der Waals surface area (Å²) >= 11 is 0. The van der Waals surface area contributed by atoms with Gasteiger partial charge in [0.05, 0.1) is 6.04 Å². The van der Waals surface area contributed by atoms with Crippen LogP contribution in [0.2, 0.25) is 0 Å². The number of carbonyl (C=O) groups excluding carboxylic acids is 1. The van der Waals surface area contributed by atoms with Crippen molar-refractivity contribution >= 4 is 5.91 Å². The van der Waals surface area contributed by atoms with Crippen LogP contribution < -0.4 is 11.1 Å². The van der Waals surface area contributed by atoms with Crippen molar-refractivity contribution in [2.75, 3.05) is 19.8 Å². The third kappa shape index (κ3) is 6.80. The zero-order valence-corrected chi connectivity index (χ0v) is 10.8. The lowest BCUT2D eigenvalue weighted by molar-refractivity contribution is -0.123. The van der Waals surface area contributed by atoms with Gasteiger partial charge in [-0.05, 0) is 18.8 Å². The number of amides is 1. The van der Waals surface area contributed by atoms with Crippen molar-refractivity contribution in [2.45, 2.75) is 46.1 Å². The van der Waals surface area contributed by atoms with Crippen molar-refractivity contribution in [1.29, 1.82) is 0 Å². The van der Waals surface area contributed by atoms with Crippen LogP contribution in [0.4, 0.5) is 0 Å². The fraction of sp³-hybridized carbons (Fsp3) is 0.917. The van der Waals surface area contributed by atoms with E-state index in [2.05, 4.69) is 12.2 Å². The molecule has 0 fully saturated rings. The summed E-state index contributed by atoms with van der Waals surface area (Å²) in [6, 6.07) is -0.387. The van der Waals surface area contributed by atoms with Crippen molar-refractivity contribution < 1.29 is 9.53 Å². The molecule has 0 aliphatic carbocycles. The molecular weight excluding hydrogens is 204 g/mol. The Hall–Kier alpha value is -0.610. The van der Waals surface area contributed by atoms with Crippen molar-refractivity contribution in [2.24, 2.45) is 11.7 Å². The Morgan fingerprint density at radius 2 is 2.06 bits per heavy atom. The van der Waals surface area contributed by atoms with Crippen LogP contribution in [-0.2, 0) is 9.53 Å². The fourth-order valence-electron chi connectivity index (χ4n) is 1.26. The van der Waals surface area contributed by atoms with E-state index in [1.54, 1.807) is 0 Å². The Balaban J connectivity index is 3.50. The molecule has 0 saturated carbocycles. The van der Waals surface area contributed by atoms with Crippen molar-refractivity contribution in [3.8, 4) is 0 Å². The monoisotopic (exact) mass is 230 g/mol. The lowest BCUT2D eigenvalue weighted by Crippen LogP contribution is -2.44. The van der Waals surface area contributed by atoms with Crippen LogP contribution in [-0.4, -0.2) is 31.7 Å². The summed E-state index contributed by atoms with van der Waals surface area (Å²) in [4.78, 5) is 11.6. The highest BCUT2D eigenvalue weighted by Gasteiger charge is 2.18. The maximum absolute atomic E-state index is 11.6. The fourth-order valence-corrected chi connectivity index (χ4v) is 1.26. The minimum Gasteiger partial charge on any atom is -0.381 e. The number of hydrogen-bond donors (Lipinski definition) is 2. The molecule has 1 amide bonds. The van der Waals surface area contributed by atoms with Crippen LogP contribution in [0, 0.1) is 5.92 Å². The van der Waals surface area contributed by atoms with Crippen LogP contribution in [0.1, 0.15) is 40.0 Å². The first-order valence-electron chi connectivity index (χ1n) is 6.24. The van der Waals surface area contributed by atoms with Crippen molar-refractivity contribution in [3.05, 3.63) is 0 Å². The van der Waals surface area contributed by atoms with Crippen LogP contribution in [0.15, 0.2) is 0 Å². The molecule has 0 aliphatic rings. The van der Waals surface area contributed by atoms with Gasteiger partial charge in [0.1, 0.15) is 0 Å². The normalized spacial score (nSPS) is 14.5. The lowest BCUT2D eigenvalue weighted by atomic mass is 9.99. The van der Waals surface area contributed by atoms with Gasteiger partial charge in [-0.3, -0.25) is 4.79 Å². The molecule has 1 unspecified atom stereocenters. The van der Waals surface area contributed by atoms with Gasteiger partial charge in [-0.1, -0.05) is 27.2 Å². The van der Waals surface area contributed by atoms with E-state index in [1.165, 1.54) is 0 Å². The number of nitrogens with one attached hydrogen (secondary N) is 1. The molecule has 0 aliphatic heterocycles. The molecule has 0 aromatic heterocycles. The van der Waals surface area contributed by atoms with Crippen LogP contribution in [0.25, 0.3) is 0 Å². The summed E-state index contributed by atoms with van der Waals surface area (Å²) < 4.78 is 5.31. The first kappa shape index (κ1) is 15.4. The van der Waals surface area contributed by atoms with Gasteiger partial charge < -0.3 is 15.8 Å². The maximum Gasteiger partial charge on any atom is 0.237 e. The molecular formula is C12H26N2O2. The van der Waals surface area contributed by atoms with Gasteiger partial charge in [-0.15, -0.1) is 0 Å². The zero-order chi connectivity index (χ0) is 12.4. The smallest absolute Gasteiger partial charge is 0.237 e. The van der Waals surface area contributed by atoms with E-state index in [-0.39, 0.29) is 17.9 Å². The largest absolute Gasteiger partial charge is 0.381 e. The van der Waals surface area contributed by atoms with Crippen LogP contribution >= 0.6 is 0 Å². The van der Waals surface area contributed by atoms with E-state index in [0.29, 0.717) is 13.2 Å². The number of carbonyl (C=O) groups is 1. The van der Waals surface area contributed by atoms with Gasteiger partial charge in [0.25, 0.3) is 0 Å². The van der Waals surface area contributed by atoms with E-state index < -0.39 is 0 Å². The summed E-state index contributed by atoms with van der Waals surface area (Å²) in [5.41, 5.74) is 5.79. The SMILES string of the molecule is CCCOCCCNC(=O)[C@@H](N)C(C)CC. The summed E-state index contributed by atoms with van der Waals surface area (Å²) in [5, 5.41) is 2.83. The Kier molecular flexibility index (Phi) is 9.24. The number of ether oxygens (including phenoxy) is 1. The van der Waals surface area contributed by atoms with E-state index >= 15 is 0 Å². The highest BCUT2D eigenvalue weighted by atomic mass is 16.5. The van der Waals surface area contributed by atoms with Crippen LogP contribution in [0.3, 0.4) is 0 Å². The Morgan fingerprint density at radius 3 is 2.62 bits per heavy atom. The minimum atomic E-state index is -0.387. The molecule has 0 radical (unpaired) electrons. The topological polar surface area (TPSA) is 64.3 Å². The summed E-state index contributed by atoms with van der Waals surface area (Å²) in [7, 11) is 0.